The van der Waals surface area contributed by atoms with Gasteiger partial charge in [-0.15, -0.1) is 0 Å². The van der Waals surface area contributed by atoms with Crippen molar-refractivity contribution in [2.45, 2.75) is 20.3 Å². The normalized spacial score (nSPS) is 10.5. The number of carbonyl (C=O) groups is 2. The number of aryl methyl sites for hydroxylation is 2. The van der Waals surface area contributed by atoms with Crippen LogP contribution >= 0.6 is 0 Å². The summed E-state index contributed by atoms with van der Waals surface area (Å²) < 4.78 is 10.6. The van der Waals surface area contributed by atoms with Crippen LogP contribution in [-0.2, 0) is 6.42 Å². The molecule has 0 atom stereocenters. The number of imidazole rings is 1. The molecule has 2 aromatic carbocycles. The van der Waals surface area contributed by atoms with Crippen molar-refractivity contribution in [2.24, 2.45) is 0 Å². The lowest BCUT2D eigenvalue weighted by atomic mass is 10.1. The molecule has 0 unspecified atom stereocenters. The number of ether oxygens (including phenoxy) is 2. The van der Waals surface area contributed by atoms with Gasteiger partial charge in [-0.25, -0.2) is 4.98 Å². The molecule has 0 aliphatic carbocycles. The molecule has 0 aliphatic rings. The van der Waals surface area contributed by atoms with Gasteiger partial charge in [0.2, 0.25) is 0 Å². The van der Waals surface area contributed by atoms with Crippen molar-refractivity contribution < 1.29 is 19.1 Å². The van der Waals surface area contributed by atoms with Crippen LogP contribution in [0.2, 0.25) is 0 Å². The summed E-state index contributed by atoms with van der Waals surface area (Å²) in [5.74, 6) is 0.559. The van der Waals surface area contributed by atoms with Gasteiger partial charge < -0.3 is 25.1 Å². The third-order valence-corrected chi connectivity index (χ3v) is 4.88. The fourth-order valence-corrected chi connectivity index (χ4v) is 3.25. The van der Waals surface area contributed by atoms with E-state index in [0.29, 0.717) is 30.2 Å². The fraction of sp³-hybridized carbons (Fsp3) is 0.261. The number of hydrogen-bond acceptors (Lipinski definition) is 5. The number of amides is 2. The lowest BCUT2D eigenvalue weighted by Gasteiger charge is -2.11. The topological polar surface area (TPSA) is 105 Å². The summed E-state index contributed by atoms with van der Waals surface area (Å²) in [6.07, 6.45) is 1.86. The molecule has 1 aromatic heterocycles. The monoisotopic (exact) mass is 422 g/mol. The zero-order chi connectivity index (χ0) is 22.4. The van der Waals surface area contributed by atoms with Crippen LogP contribution in [0.4, 0.5) is 5.69 Å². The quantitative estimate of drug-likeness (QED) is 0.517. The number of nitrogens with one attached hydrogen (secondary N) is 3. The van der Waals surface area contributed by atoms with Gasteiger partial charge in [-0.05, 0) is 55.7 Å². The van der Waals surface area contributed by atoms with E-state index < -0.39 is 11.8 Å². The molecule has 8 heteroatoms. The van der Waals surface area contributed by atoms with Crippen molar-refractivity contribution in [1.82, 2.24) is 15.3 Å². The molecule has 0 saturated carbocycles. The maximum absolute atomic E-state index is 12.7. The average molecular weight is 422 g/mol. The highest BCUT2D eigenvalue weighted by Gasteiger charge is 2.21. The Hall–Kier alpha value is -3.81. The highest BCUT2D eigenvalue weighted by atomic mass is 16.5. The minimum Gasteiger partial charge on any atom is -0.497 e. The zero-order valence-corrected chi connectivity index (χ0v) is 18.0. The van der Waals surface area contributed by atoms with E-state index in [1.54, 1.807) is 14.2 Å². The van der Waals surface area contributed by atoms with E-state index in [1.165, 1.54) is 6.33 Å². The summed E-state index contributed by atoms with van der Waals surface area (Å²) in [6.45, 7) is 4.24. The number of H-pyrrole nitrogens is 1. The summed E-state index contributed by atoms with van der Waals surface area (Å²) in [5, 5.41) is 5.63. The first kappa shape index (κ1) is 21.9. The molecule has 3 aromatic rings. The highest BCUT2D eigenvalue weighted by molar-refractivity contribution is 6.10. The third kappa shape index (κ3) is 5.22. The molecule has 31 heavy (non-hydrogen) atoms. The van der Waals surface area contributed by atoms with E-state index in [0.717, 1.165) is 16.7 Å². The third-order valence-electron chi connectivity index (χ3n) is 4.88. The average Bonchev–Trinajstić information content (AvgIpc) is 3.25. The Kier molecular flexibility index (Phi) is 6.92. The highest BCUT2D eigenvalue weighted by Crippen LogP contribution is 2.24. The van der Waals surface area contributed by atoms with Crippen molar-refractivity contribution in [2.75, 3.05) is 26.1 Å². The van der Waals surface area contributed by atoms with Crippen LogP contribution in [0.15, 0.2) is 42.7 Å². The summed E-state index contributed by atoms with van der Waals surface area (Å²) in [4.78, 5) is 32.1. The molecular formula is C23H26N4O4. The van der Waals surface area contributed by atoms with Crippen LogP contribution in [-0.4, -0.2) is 42.5 Å². The van der Waals surface area contributed by atoms with Gasteiger partial charge in [-0.1, -0.05) is 17.7 Å². The minimum absolute atomic E-state index is 0.0384. The lowest BCUT2D eigenvalue weighted by Crippen LogP contribution is -2.28. The van der Waals surface area contributed by atoms with E-state index in [-0.39, 0.29) is 11.4 Å². The van der Waals surface area contributed by atoms with Crippen LogP contribution in [0.5, 0.6) is 11.5 Å². The number of hydrogen-bond donors (Lipinski definition) is 3. The molecule has 3 N–H and O–H groups in total. The summed E-state index contributed by atoms with van der Waals surface area (Å²) in [5.41, 5.74) is 3.76. The van der Waals surface area contributed by atoms with Gasteiger partial charge in [0.05, 0.1) is 20.5 Å². The lowest BCUT2D eigenvalue weighted by molar-refractivity contribution is 0.0935. The Bertz CT molecular complexity index is 1090. The molecular weight excluding hydrogens is 396 g/mol. The predicted octanol–water partition coefficient (Wildman–Crippen LogP) is 3.27. The fourth-order valence-electron chi connectivity index (χ4n) is 3.25. The minimum atomic E-state index is -0.451. The van der Waals surface area contributed by atoms with E-state index in [9.17, 15) is 9.59 Å². The van der Waals surface area contributed by atoms with Crippen LogP contribution in [0, 0.1) is 13.8 Å². The van der Waals surface area contributed by atoms with Crippen molar-refractivity contribution in [3.63, 3.8) is 0 Å². The van der Waals surface area contributed by atoms with Gasteiger partial charge in [-0.2, -0.15) is 0 Å². The Morgan fingerprint density at radius 1 is 1.03 bits per heavy atom. The summed E-state index contributed by atoms with van der Waals surface area (Å²) in [7, 11) is 3.19. The number of carbonyl (C=O) groups excluding carboxylic acids is 2. The first-order valence-electron chi connectivity index (χ1n) is 9.84. The Morgan fingerprint density at radius 2 is 1.84 bits per heavy atom. The Morgan fingerprint density at radius 3 is 2.55 bits per heavy atom. The van der Waals surface area contributed by atoms with Gasteiger partial charge in [0.25, 0.3) is 11.8 Å². The molecule has 1 heterocycles. The number of nitrogens with zero attached hydrogens (tertiary/aromatic N) is 1. The number of aromatic nitrogens is 2. The molecule has 162 valence electrons. The molecule has 0 fully saturated rings. The maximum Gasteiger partial charge on any atom is 0.276 e. The van der Waals surface area contributed by atoms with E-state index in [2.05, 4.69) is 20.6 Å². The number of anilines is 1. The number of methoxy groups -OCH3 is 2. The van der Waals surface area contributed by atoms with E-state index >= 15 is 0 Å². The zero-order valence-electron chi connectivity index (χ0n) is 18.0. The summed E-state index contributed by atoms with van der Waals surface area (Å²) >= 11 is 0. The predicted molar refractivity (Wildman–Crippen MR) is 118 cm³/mol. The number of benzene rings is 2. The standard InChI is InChI=1S/C23H26N4O4/c1-14-5-7-18(15(2)11-14)27-23(29)21-20(25-13-26-21)22(28)24-10-9-16-12-17(30-3)6-8-19(16)31-4/h5-8,11-13H,9-10H2,1-4H3,(H,24,28)(H,25,26)(H,27,29). The first-order chi connectivity index (χ1) is 14.9. The molecule has 0 radical (unpaired) electrons. The van der Waals surface area contributed by atoms with Crippen molar-refractivity contribution >= 4 is 17.5 Å². The van der Waals surface area contributed by atoms with E-state index in [4.69, 9.17) is 9.47 Å². The molecule has 2 amide bonds. The first-order valence-corrected chi connectivity index (χ1v) is 9.84. The van der Waals surface area contributed by atoms with Crippen molar-refractivity contribution in [3.05, 3.63) is 70.8 Å². The van der Waals surface area contributed by atoms with Gasteiger partial charge in [0.15, 0.2) is 5.69 Å². The summed E-state index contributed by atoms with van der Waals surface area (Å²) in [6, 6.07) is 11.2. The van der Waals surface area contributed by atoms with Gasteiger partial charge >= 0.3 is 0 Å². The number of rotatable bonds is 8. The van der Waals surface area contributed by atoms with Crippen LogP contribution in [0.1, 0.15) is 37.7 Å². The second kappa shape index (κ2) is 9.80. The van der Waals surface area contributed by atoms with Crippen molar-refractivity contribution in [3.8, 4) is 11.5 Å². The second-order valence-corrected chi connectivity index (χ2v) is 7.08. The largest absolute Gasteiger partial charge is 0.497 e. The van der Waals surface area contributed by atoms with Crippen molar-refractivity contribution in [1.29, 1.82) is 0 Å². The Labute approximate surface area is 181 Å². The van der Waals surface area contributed by atoms with Crippen LogP contribution < -0.4 is 20.1 Å². The van der Waals surface area contributed by atoms with Gasteiger partial charge in [-0.3, -0.25) is 9.59 Å². The van der Waals surface area contributed by atoms with E-state index in [1.807, 2.05) is 50.2 Å². The molecule has 0 saturated heterocycles. The molecule has 0 aliphatic heterocycles. The molecule has 0 bridgehead atoms. The van der Waals surface area contributed by atoms with Crippen LogP contribution in [0.3, 0.4) is 0 Å². The smallest absolute Gasteiger partial charge is 0.276 e. The SMILES string of the molecule is COc1ccc(OC)c(CCNC(=O)c2[nH]cnc2C(=O)Nc2ccc(C)cc2C)c1. The molecule has 8 nitrogen and oxygen atoms in total. The van der Waals surface area contributed by atoms with Gasteiger partial charge in [0, 0.05) is 12.2 Å². The second-order valence-electron chi connectivity index (χ2n) is 7.08. The molecule has 3 rings (SSSR count). The van der Waals surface area contributed by atoms with Crippen LogP contribution in [0.25, 0.3) is 0 Å². The maximum atomic E-state index is 12.7. The Balaban J connectivity index is 1.65. The van der Waals surface area contributed by atoms with Gasteiger partial charge in [0.1, 0.15) is 17.2 Å². The molecule has 0 spiro atoms. The number of aromatic amines is 1.